The fourth-order valence-electron chi connectivity index (χ4n) is 2.32. The number of benzene rings is 2. The maximum absolute atomic E-state index is 13.0. The largest absolute Gasteiger partial charge is 0.492 e. The molecule has 2 aromatic rings. The second-order valence-electron chi connectivity index (χ2n) is 5.88. The number of rotatable bonds is 7. The summed E-state index contributed by atoms with van der Waals surface area (Å²) in [5.74, 6) is 0.538. The molecule has 1 N–H and O–H groups in total. The summed E-state index contributed by atoms with van der Waals surface area (Å²) < 4.78 is 23.9. The highest BCUT2D eigenvalue weighted by molar-refractivity contribution is 6.32. The van der Waals surface area contributed by atoms with E-state index in [2.05, 4.69) is 5.32 Å². The van der Waals surface area contributed by atoms with Crippen LogP contribution in [0.15, 0.2) is 42.5 Å². The second kappa shape index (κ2) is 9.40. The molecule has 0 heterocycles. The minimum absolute atomic E-state index is 0.0489. The third-order valence-corrected chi connectivity index (χ3v) is 4.05. The number of nitrogens with one attached hydrogen (secondary N) is 1. The van der Waals surface area contributed by atoms with Crippen molar-refractivity contribution >= 4 is 17.7 Å². The maximum atomic E-state index is 13.0. The van der Waals surface area contributed by atoms with E-state index >= 15 is 0 Å². The van der Waals surface area contributed by atoms with Crippen LogP contribution in [-0.4, -0.2) is 38.7 Å². The van der Waals surface area contributed by atoms with Crippen molar-refractivity contribution in [3.8, 4) is 11.5 Å². The Bertz CT molecular complexity index is 738. The van der Waals surface area contributed by atoms with Crippen molar-refractivity contribution < 1.29 is 18.7 Å². The van der Waals surface area contributed by atoms with Crippen molar-refractivity contribution in [1.82, 2.24) is 10.2 Å². The number of hydrogen-bond acceptors (Lipinski definition) is 4. The summed E-state index contributed by atoms with van der Waals surface area (Å²) in [5.41, 5.74) is 1.03. The molecule has 0 aliphatic rings. The third-order valence-electron chi connectivity index (χ3n) is 3.76. The van der Waals surface area contributed by atoms with Crippen LogP contribution in [0.25, 0.3) is 0 Å². The third kappa shape index (κ3) is 5.61. The van der Waals surface area contributed by atoms with Crippen LogP contribution in [0.1, 0.15) is 18.0 Å². The molecule has 0 saturated carbocycles. The molecule has 5 nitrogen and oxygen atoms in total. The van der Waals surface area contributed by atoms with Crippen LogP contribution < -0.4 is 14.8 Å². The number of hydrogen-bond donors (Lipinski definition) is 1. The molecule has 140 valence electrons. The van der Waals surface area contributed by atoms with E-state index in [9.17, 15) is 9.18 Å². The molecule has 1 atom stereocenters. The van der Waals surface area contributed by atoms with E-state index in [-0.39, 0.29) is 11.1 Å². The number of amides is 1. The van der Waals surface area contributed by atoms with Gasteiger partial charge in [-0.2, -0.15) is 0 Å². The molecule has 1 amide bonds. The number of nitrogens with zero attached hydrogens (tertiary/aromatic N) is 1. The summed E-state index contributed by atoms with van der Waals surface area (Å²) in [7, 11) is 5.11. The lowest BCUT2D eigenvalue weighted by atomic mass is 10.0. The van der Waals surface area contributed by atoms with Crippen LogP contribution >= 0.6 is 11.6 Å². The molecule has 1 unspecified atom stereocenters. The van der Waals surface area contributed by atoms with Crippen molar-refractivity contribution in [3.63, 3.8) is 0 Å². The Kier molecular flexibility index (Phi) is 7.24. The van der Waals surface area contributed by atoms with Gasteiger partial charge in [-0.3, -0.25) is 0 Å². The SMILES string of the molecule is CNC(CCOc1ccc(F)cc1Cl)c1ccc(OC(=O)N(C)C)cc1. The molecule has 0 fully saturated rings. The van der Waals surface area contributed by atoms with Gasteiger partial charge in [0.1, 0.15) is 17.3 Å². The Hall–Kier alpha value is -2.31. The highest BCUT2D eigenvalue weighted by atomic mass is 35.5. The van der Waals surface area contributed by atoms with E-state index in [1.54, 1.807) is 26.2 Å². The second-order valence-corrected chi connectivity index (χ2v) is 6.29. The van der Waals surface area contributed by atoms with Crippen molar-refractivity contribution in [2.24, 2.45) is 0 Å². The summed E-state index contributed by atoms with van der Waals surface area (Å²) in [6.45, 7) is 0.411. The first-order chi connectivity index (χ1) is 12.4. The van der Waals surface area contributed by atoms with Crippen molar-refractivity contribution in [2.45, 2.75) is 12.5 Å². The summed E-state index contributed by atoms with van der Waals surface area (Å²) in [4.78, 5) is 12.9. The number of carbonyl (C=O) groups is 1. The first-order valence-electron chi connectivity index (χ1n) is 8.15. The van der Waals surface area contributed by atoms with Gasteiger partial charge in [-0.15, -0.1) is 0 Å². The van der Waals surface area contributed by atoms with Crippen molar-refractivity contribution in [1.29, 1.82) is 0 Å². The van der Waals surface area contributed by atoms with Gasteiger partial charge >= 0.3 is 6.09 Å². The molecule has 0 spiro atoms. The van der Waals surface area contributed by atoms with Crippen LogP contribution in [0, 0.1) is 5.82 Å². The van der Waals surface area contributed by atoms with Gasteiger partial charge in [0.05, 0.1) is 11.6 Å². The summed E-state index contributed by atoms with van der Waals surface area (Å²) in [6.07, 6.45) is 0.258. The molecule has 0 aliphatic carbocycles. The van der Waals surface area contributed by atoms with E-state index in [0.29, 0.717) is 24.5 Å². The van der Waals surface area contributed by atoms with Crippen LogP contribution in [0.5, 0.6) is 11.5 Å². The topological polar surface area (TPSA) is 50.8 Å². The minimum atomic E-state index is -0.424. The molecule has 0 radical (unpaired) electrons. The van der Waals surface area contributed by atoms with E-state index in [0.717, 1.165) is 5.56 Å². The van der Waals surface area contributed by atoms with Gasteiger partial charge in [0.15, 0.2) is 0 Å². The highest BCUT2D eigenvalue weighted by Gasteiger charge is 2.12. The van der Waals surface area contributed by atoms with E-state index < -0.39 is 11.9 Å². The first kappa shape index (κ1) is 20.0. The van der Waals surface area contributed by atoms with Gasteiger partial charge in [0.2, 0.25) is 0 Å². The monoisotopic (exact) mass is 380 g/mol. The Morgan fingerprint density at radius 3 is 2.50 bits per heavy atom. The molecule has 26 heavy (non-hydrogen) atoms. The zero-order chi connectivity index (χ0) is 19.1. The Labute approximate surface area is 157 Å². The first-order valence-corrected chi connectivity index (χ1v) is 8.52. The zero-order valence-electron chi connectivity index (χ0n) is 15.0. The summed E-state index contributed by atoms with van der Waals surface area (Å²) in [6, 6.07) is 11.4. The fourth-order valence-corrected chi connectivity index (χ4v) is 2.54. The predicted octanol–water partition coefficient (Wildman–Crippen LogP) is 4.27. The average molecular weight is 381 g/mol. The fraction of sp³-hybridized carbons (Fsp3) is 0.316. The average Bonchev–Trinajstić information content (AvgIpc) is 2.61. The molecule has 7 heteroatoms. The highest BCUT2D eigenvalue weighted by Crippen LogP contribution is 2.26. The van der Waals surface area contributed by atoms with E-state index in [1.807, 2.05) is 19.2 Å². The van der Waals surface area contributed by atoms with Crippen LogP contribution in [0.2, 0.25) is 5.02 Å². The number of ether oxygens (including phenoxy) is 2. The van der Waals surface area contributed by atoms with Gasteiger partial charge in [-0.1, -0.05) is 23.7 Å². The lowest BCUT2D eigenvalue weighted by Gasteiger charge is -2.18. The van der Waals surface area contributed by atoms with Gasteiger partial charge in [0, 0.05) is 26.6 Å². The van der Waals surface area contributed by atoms with Crippen LogP contribution in [-0.2, 0) is 0 Å². The molecule has 2 aromatic carbocycles. The minimum Gasteiger partial charge on any atom is -0.492 e. The molecule has 0 aromatic heterocycles. The quantitative estimate of drug-likeness (QED) is 0.779. The summed E-state index contributed by atoms with van der Waals surface area (Å²) >= 11 is 5.95. The molecule has 0 saturated heterocycles. The van der Waals surface area contributed by atoms with Crippen LogP contribution in [0.4, 0.5) is 9.18 Å². The lowest BCUT2D eigenvalue weighted by molar-refractivity contribution is 0.172. The molecule has 0 aliphatic heterocycles. The van der Waals surface area contributed by atoms with Crippen molar-refractivity contribution in [2.75, 3.05) is 27.7 Å². The Morgan fingerprint density at radius 1 is 1.23 bits per heavy atom. The number of carbonyl (C=O) groups excluding carboxylic acids is 1. The van der Waals surface area contributed by atoms with E-state index in [1.165, 1.54) is 23.1 Å². The summed E-state index contributed by atoms with van der Waals surface area (Å²) in [5, 5.41) is 3.47. The normalized spacial score (nSPS) is 11.7. The van der Waals surface area contributed by atoms with Gasteiger partial charge in [0.25, 0.3) is 0 Å². The van der Waals surface area contributed by atoms with Gasteiger partial charge in [-0.05, 0) is 42.9 Å². The maximum Gasteiger partial charge on any atom is 0.414 e. The standard InChI is InChI=1S/C19H22ClFN2O3/c1-22-17(10-11-25-18-9-6-14(21)12-16(18)20)13-4-7-15(8-5-13)26-19(24)23(2)3/h4-9,12,17,22H,10-11H2,1-3H3. The Balaban J connectivity index is 1.92. The van der Waals surface area contributed by atoms with Crippen molar-refractivity contribution in [3.05, 3.63) is 58.9 Å². The van der Waals surface area contributed by atoms with E-state index in [4.69, 9.17) is 21.1 Å². The van der Waals surface area contributed by atoms with Crippen LogP contribution in [0.3, 0.4) is 0 Å². The zero-order valence-corrected chi connectivity index (χ0v) is 15.7. The number of halogens is 2. The molecule has 2 rings (SSSR count). The Morgan fingerprint density at radius 2 is 1.92 bits per heavy atom. The molecular weight excluding hydrogens is 359 g/mol. The van der Waals surface area contributed by atoms with Gasteiger partial charge < -0.3 is 19.7 Å². The smallest absolute Gasteiger partial charge is 0.414 e. The molecular formula is C19H22ClFN2O3. The predicted molar refractivity (Wildman–Crippen MR) is 99.5 cm³/mol. The molecule has 0 bridgehead atoms. The lowest BCUT2D eigenvalue weighted by Crippen LogP contribution is -2.25. The van der Waals surface area contributed by atoms with Gasteiger partial charge in [-0.25, -0.2) is 9.18 Å².